The zero-order valence-electron chi connectivity index (χ0n) is 15.2. The molecular formula is C18H20N6O4. The van der Waals surface area contributed by atoms with Crippen molar-refractivity contribution in [3.05, 3.63) is 58.4 Å². The van der Waals surface area contributed by atoms with Crippen molar-refractivity contribution in [1.29, 1.82) is 0 Å². The van der Waals surface area contributed by atoms with Crippen molar-refractivity contribution in [2.75, 3.05) is 23.8 Å². The first-order valence-corrected chi connectivity index (χ1v) is 8.64. The second kappa shape index (κ2) is 8.35. The number of anilines is 2. The van der Waals surface area contributed by atoms with Gasteiger partial charge in [-0.25, -0.2) is 9.52 Å². The summed E-state index contributed by atoms with van der Waals surface area (Å²) in [4.78, 5) is 12.7. The predicted molar refractivity (Wildman–Crippen MR) is 103 cm³/mol. The monoisotopic (exact) mass is 384 g/mol. The molecule has 10 nitrogen and oxygen atoms in total. The quantitative estimate of drug-likeness (QED) is 0.331. The number of ether oxygens (including phenoxy) is 1. The Bertz CT molecular complexity index is 1010. The van der Waals surface area contributed by atoms with Crippen molar-refractivity contribution in [2.45, 2.75) is 13.3 Å². The smallest absolute Gasteiger partial charge is 0.469 e. The van der Waals surface area contributed by atoms with Crippen LogP contribution in [0.1, 0.15) is 12.0 Å². The minimum atomic E-state index is -0.731. The number of aryl methyl sites for hydroxylation is 1. The van der Waals surface area contributed by atoms with Crippen LogP contribution >= 0.6 is 0 Å². The van der Waals surface area contributed by atoms with Gasteiger partial charge >= 0.3 is 12.0 Å². The van der Waals surface area contributed by atoms with Gasteiger partial charge in [-0.3, -0.25) is 5.32 Å². The molecule has 2 aromatic carbocycles. The molecule has 10 heteroatoms. The molecule has 0 aliphatic rings. The normalized spacial score (nSPS) is 10.6. The van der Waals surface area contributed by atoms with E-state index >= 15 is 0 Å². The van der Waals surface area contributed by atoms with Crippen molar-refractivity contribution in [2.24, 2.45) is 5.73 Å². The molecule has 0 fully saturated rings. The largest absolute Gasteiger partial charge is 0.739 e. The average molecular weight is 384 g/mol. The van der Waals surface area contributed by atoms with Crippen LogP contribution in [0.15, 0.2) is 42.5 Å². The van der Waals surface area contributed by atoms with Crippen LogP contribution in [0.5, 0.6) is 5.75 Å². The maximum Gasteiger partial charge on any atom is 0.469 e. The van der Waals surface area contributed by atoms with Gasteiger partial charge < -0.3 is 20.9 Å². The lowest BCUT2D eigenvalue weighted by Gasteiger charge is -2.14. The zero-order chi connectivity index (χ0) is 20.1. The average Bonchev–Trinajstić information content (AvgIpc) is 2.68. The minimum absolute atomic E-state index is 0.0875. The molecule has 0 aliphatic heterocycles. The third-order valence-electron chi connectivity index (χ3n) is 3.99. The molecule has 0 radical (unpaired) electrons. The van der Waals surface area contributed by atoms with E-state index in [0.29, 0.717) is 35.7 Å². The van der Waals surface area contributed by atoms with Gasteiger partial charge in [0.05, 0.1) is 12.3 Å². The number of nitrogens with one attached hydrogen (secondary N) is 2. The Morgan fingerprint density at radius 2 is 1.89 bits per heavy atom. The van der Waals surface area contributed by atoms with E-state index in [1.807, 2.05) is 0 Å². The summed E-state index contributed by atoms with van der Waals surface area (Å²) >= 11 is 0. The highest BCUT2D eigenvalue weighted by molar-refractivity contribution is 6.00. The van der Waals surface area contributed by atoms with Gasteiger partial charge in [0, 0.05) is 10.9 Å². The number of nitrogens with zero attached hydrogens (tertiary/aromatic N) is 3. The number of rotatable bonds is 6. The molecule has 0 unspecified atom stereocenters. The van der Waals surface area contributed by atoms with Gasteiger partial charge in [-0.2, -0.15) is 5.32 Å². The topological polar surface area (TPSA) is 143 Å². The number of para-hydroxylation sites is 3. The molecule has 0 saturated carbocycles. The Kier molecular flexibility index (Phi) is 5.70. The van der Waals surface area contributed by atoms with E-state index in [-0.39, 0.29) is 15.9 Å². The van der Waals surface area contributed by atoms with Gasteiger partial charge in [0.15, 0.2) is 5.52 Å². The lowest BCUT2D eigenvalue weighted by atomic mass is 10.2. The fourth-order valence-electron chi connectivity index (χ4n) is 2.60. The number of benzene rings is 2. The zero-order valence-corrected chi connectivity index (χ0v) is 15.2. The molecule has 3 rings (SSSR count). The summed E-state index contributed by atoms with van der Waals surface area (Å²) in [7, 11) is 0. The van der Waals surface area contributed by atoms with Gasteiger partial charge in [-0.1, -0.05) is 24.3 Å². The number of urea groups is 1. The molecule has 1 heterocycles. The van der Waals surface area contributed by atoms with Crippen molar-refractivity contribution < 1.29 is 19.1 Å². The second-order valence-electron chi connectivity index (χ2n) is 6.00. The van der Waals surface area contributed by atoms with Crippen LogP contribution in [0.25, 0.3) is 11.0 Å². The van der Waals surface area contributed by atoms with Crippen molar-refractivity contribution in [1.82, 2.24) is 5.10 Å². The van der Waals surface area contributed by atoms with Crippen LogP contribution in [0.2, 0.25) is 0 Å². The van der Waals surface area contributed by atoms with Crippen LogP contribution in [0, 0.1) is 17.3 Å². The van der Waals surface area contributed by atoms with Crippen LogP contribution in [-0.2, 0) is 0 Å². The SMILES string of the molecule is Cc1cccc(OCCCN)c1NC(=O)Nc1n[n+]([O-])c2ccccc2[n+]1[O-]. The van der Waals surface area contributed by atoms with E-state index in [2.05, 4.69) is 15.7 Å². The van der Waals surface area contributed by atoms with Crippen LogP contribution in [0.3, 0.4) is 0 Å². The number of amides is 2. The molecule has 0 aliphatic carbocycles. The highest BCUT2D eigenvalue weighted by Gasteiger charge is 2.23. The lowest BCUT2D eigenvalue weighted by molar-refractivity contribution is -0.672. The molecule has 0 bridgehead atoms. The summed E-state index contributed by atoms with van der Waals surface area (Å²) in [6, 6.07) is 10.7. The first-order valence-electron chi connectivity index (χ1n) is 8.64. The fourth-order valence-corrected chi connectivity index (χ4v) is 2.60. The third-order valence-corrected chi connectivity index (χ3v) is 3.99. The summed E-state index contributed by atoms with van der Waals surface area (Å²) in [5.41, 5.74) is 6.86. The number of carbonyl (C=O) groups is 1. The molecule has 0 atom stereocenters. The second-order valence-corrected chi connectivity index (χ2v) is 6.00. The lowest BCUT2D eigenvalue weighted by Crippen LogP contribution is -2.45. The molecule has 0 saturated heterocycles. The molecule has 1 aromatic heterocycles. The van der Waals surface area contributed by atoms with Gasteiger partial charge in [0.25, 0.3) is 5.52 Å². The molecule has 3 aromatic rings. The molecule has 28 heavy (non-hydrogen) atoms. The van der Waals surface area contributed by atoms with Crippen molar-refractivity contribution in [3.8, 4) is 5.75 Å². The Morgan fingerprint density at radius 3 is 2.64 bits per heavy atom. The van der Waals surface area contributed by atoms with Crippen molar-refractivity contribution >= 4 is 28.7 Å². The maximum atomic E-state index is 12.4. The summed E-state index contributed by atoms with van der Waals surface area (Å²) in [6.07, 6.45) is 0.667. The Morgan fingerprint density at radius 1 is 1.14 bits per heavy atom. The Labute approximate surface area is 160 Å². The van der Waals surface area contributed by atoms with Gasteiger partial charge in [-0.15, -0.1) is 0 Å². The maximum absolute atomic E-state index is 12.4. The first kappa shape index (κ1) is 19.1. The number of nitrogens with two attached hydrogens (primary N) is 1. The molecular weight excluding hydrogens is 364 g/mol. The van der Waals surface area contributed by atoms with Crippen molar-refractivity contribution in [3.63, 3.8) is 0 Å². The molecule has 146 valence electrons. The highest BCUT2D eigenvalue weighted by atomic mass is 16.5. The van der Waals surface area contributed by atoms with E-state index in [1.165, 1.54) is 12.1 Å². The van der Waals surface area contributed by atoms with Crippen LogP contribution in [-0.4, -0.2) is 24.3 Å². The third kappa shape index (κ3) is 4.01. The Balaban J connectivity index is 1.82. The number of aromatic nitrogens is 3. The summed E-state index contributed by atoms with van der Waals surface area (Å²) in [6.45, 7) is 2.69. The van der Waals surface area contributed by atoms with E-state index < -0.39 is 12.0 Å². The number of hydrogen-bond acceptors (Lipinski definition) is 6. The fraction of sp³-hybridized carbons (Fsp3) is 0.222. The number of fused-ring (bicyclic) bond motifs is 1. The van der Waals surface area contributed by atoms with E-state index in [0.717, 1.165) is 5.56 Å². The van der Waals surface area contributed by atoms with Crippen LogP contribution < -0.4 is 30.7 Å². The number of hydrogen-bond donors (Lipinski definition) is 3. The van der Waals surface area contributed by atoms with Gasteiger partial charge in [0.1, 0.15) is 5.75 Å². The van der Waals surface area contributed by atoms with Gasteiger partial charge in [-0.05, 0) is 37.6 Å². The minimum Gasteiger partial charge on any atom is -0.739 e. The summed E-state index contributed by atoms with van der Waals surface area (Å²) in [5.74, 6) is 0.0364. The van der Waals surface area contributed by atoms with E-state index in [4.69, 9.17) is 10.5 Å². The van der Waals surface area contributed by atoms with E-state index in [9.17, 15) is 15.2 Å². The number of carbonyl (C=O) groups excluding carboxylic acids is 1. The standard InChI is InChI=1S/C18H20N6O4/c1-12-6-4-9-15(28-11-5-10-19)16(12)20-18(25)21-17-22-24(27)14-8-3-2-7-13(14)23(17)26/h2-4,6-9H,5,10-11,19H2,1H3,(H2,20,21,22,25). The molecule has 4 N–H and O–H groups in total. The predicted octanol–water partition coefficient (Wildman–Crippen LogP) is 1.18. The summed E-state index contributed by atoms with van der Waals surface area (Å²) in [5, 5.41) is 32.9. The molecule has 2 amide bonds. The van der Waals surface area contributed by atoms with E-state index in [1.54, 1.807) is 37.3 Å². The van der Waals surface area contributed by atoms with Crippen LogP contribution in [0.4, 0.5) is 16.4 Å². The molecule has 0 spiro atoms. The first-order chi connectivity index (χ1) is 13.5. The highest BCUT2D eigenvalue weighted by Crippen LogP contribution is 2.28. The van der Waals surface area contributed by atoms with Gasteiger partial charge in [0.2, 0.25) is 5.10 Å². The summed E-state index contributed by atoms with van der Waals surface area (Å²) < 4.78 is 6.04. The Hall–Kier alpha value is -3.66.